The molecule has 0 bridgehead atoms. The van der Waals surface area contributed by atoms with Crippen molar-refractivity contribution in [1.82, 2.24) is 0 Å². The Bertz CT molecular complexity index is 394. The van der Waals surface area contributed by atoms with Gasteiger partial charge in [-0.3, -0.25) is 0 Å². The summed E-state index contributed by atoms with van der Waals surface area (Å²) in [5.74, 6) is -1.05. The van der Waals surface area contributed by atoms with Crippen molar-refractivity contribution >= 4 is 0 Å². The maximum atomic E-state index is 13.7. The van der Waals surface area contributed by atoms with Crippen molar-refractivity contribution < 1.29 is 18.3 Å². The summed E-state index contributed by atoms with van der Waals surface area (Å²) in [6.07, 6.45) is 6.79. The predicted octanol–water partition coefficient (Wildman–Crippen LogP) is 4.85. The number of hydrogen-bond donors (Lipinski definition) is 0. The number of halogens is 2. The van der Waals surface area contributed by atoms with Crippen molar-refractivity contribution in [2.75, 3.05) is 13.7 Å². The lowest BCUT2D eigenvalue weighted by Gasteiger charge is -2.09. The number of benzene rings is 1. The second kappa shape index (κ2) is 9.70. The van der Waals surface area contributed by atoms with E-state index in [2.05, 4.69) is 6.92 Å². The molecule has 1 rings (SSSR count). The summed E-state index contributed by atoms with van der Waals surface area (Å²) in [5, 5.41) is 0. The minimum Gasteiger partial charge on any atom is -0.490 e. The molecule has 2 nitrogen and oxygen atoms in total. The van der Waals surface area contributed by atoms with E-state index in [9.17, 15) is 8.78 Å². The quantitative estimate of drug-likeness (QED) is 0.572. The second-order valence-electron chi connectivity index (χ2n) is 4.92. The zero-order valence-corrected chi connectivity index (χ0v) is 12.4. The molecule has 0 unspecified atom stereocenters. The van der Waals surface area contributed by atoms with Crippen LogP contribution in [-0.2, 0) is 11.3 Å². The fourth-order valence-corrected chi connectivity index (χ4v) is 2.01. The third-order valence-corrected chi connectivity index (χ3v) is 3.16. The van der Waals surface area contributed by atoms with Gasteiger partial charge in [-0.1, -0.05) is 39.0 Å². The highest BCUT2D eigenvalue weighted by Gasteiger charge is 2.10. The second-order valence-corrected chi connectivity index (χ2v) is 4.92. The molecule has 0 aliphatic heterocycles. The van der Waals surface area contributed by atoms with Gasteiger partial charge in [-0.25, -0.2) is 8.78 Å². The molecule has 0 radical (unpaired) electrons. The first-order chi connectivity index (χ1) is 9.69. The average molecular weight is 286 g/mol. The molecule has 0 spiro atoms. The van der Waals surface area contributed by atoms with Crippen LogP contribution >= 0.6 is 0 Å². The van der Waals surface area contributed by atoms with E-state index >= 15 is 0 Å². The minimum atomic E-state index is -0.538. The average Bonchev–Trinajstić information content (AvgIpc) is 2.43. The molecule has 0 amide bonds. The van der Waals surface area contributed by atoms with E-state index in [0.29, 0.717) is 6.61 Å². The van der Waals surface area contributed by atoms with Crippen molar-refractivity contribution in [2.24, 2.45) is 0 Å². The van der Waals surface area contributed by atoms with Gasteiger partial charge in [-0.15, -0.1) is 0 Å². The molecule has 114 valence electrons. The van der Waals surface area contributed by atoms with Crippen molar-refractivity contribution in [3.05, 3.63) is 29.3 Å². The molecular weight excluding hydrogens is 262 g/mol. The zero-order chi connectivity index (χ0) is 14.8. The van der Waals surface area contributed by atoms with E-state index in [1.165, 1.54) is 32.8 Å². The van der Waals surface area contributed by atoms with Crippen LogP contribution in [0.1, 0.15) is 51.0 Å². The third kappa shape index (κ3) is 5.87. The molecule has 0 aliphatic rings. The van der Waals surface area contributed by atoms with Crippen LogP contribution in [-0.4, -0.2) is 13.7 Å². The lowest BCUT2D eigenvalue weighted by atomic mass is 10.1. The van der Waals surface area contributed by atoms with Gasteiger partial charge >= 0.3 is 0 Å². The third-order valence-electron chi connectivity index (χ3n) is 3.16. The Morgan fingerprint density at radius 3 is 2.35 bits per heavy atom. The zero-order valence-electron chi connectivity index (χ0n) is 12.4. The van der Waals surface area contributed by atoms with Crippen LogP contribution in [0.5, 0.6) is 5.75 Å². The van der Waals surface area contributed by atoms with E-state index < -0.39 is 11.6 Å². The van der Waals surface area contributed by atoms with Crippen LogP contribution in [0.2, 0.25) is 0 Å². The Labute approximate surface area is 120 Å². The smallest absolute Gasteiger partial charge is 0.165 e. The lowest BCUT2D eigenvalue weighted by Crippen LogP contribution is -2.02. The molecule has 0 aromatic heterocycles. The van der Waals surface area contributed by atoms with Gasteiger partial charge in [0.05, 0.1) is 13.2 Å². The van der Waals surface area contributed by atoms with E-state index in [0.717, 1.165) is 25.0 Å². The highest BCUT2D eigenvalue weighted by Crippen LogP contribution is 2.22. The molecule has 0 saturated heterocycles. The largest absolute Gasteiger partial charge is 0.490 e. The SMILES string of the molecule is CCCCCCCCOc1cc(F)c(COC)cc1F. The summed E-state index contributed by atoms with van der Waals surface area (Å²) in [5.41, 5.74) is 0.205. The van der Waals surface area contributed by atoms with Crippen LogP contribution in [0, 0.1) is 11.6 Å². The van der Waals surface area contributed by atoms with Crippen molar-refractivity contribution in [2.45, 2.75) is 52.1 Å². The van der Waals surface area contributed by atoms with E-state index in [1.54, 1.807) is 0 Å². The number of methoxy groups -OCH3 is 1. The molecule has 0 saturated carbocycles. The van der Waals surface area contributed by atoms with E-state index in [1.807, 2.05) is 0 Å². The number of ether oxygens (including phenoxy) is 2. The molecule has 0 aliphatic carbocycles. The Morgan fingerprint density at radius 2 is 1.65 bits per heavy atom. The monoisotopic (exact) mass is 286 g/mol. The number of rotatable bonds is 10. The summed E-state index contributed by atoms with van der Waals surface area (Å²) < 4.78 is 37.4. The molecule has 4 heteroatoms. The molecular formula is C16H24F2O2. The van der Waals surface area contributed by atoms with Crippen molar-refractivity contribution in [1.29, 1.82) is 0 Å². The predicted molar refractivity (Wildman–Crippen MR) is 75.9 cm³/mol. The van der Waals surface area contributed by atoms with Crippen LogP contribution in [0.25, 0.3) is 0 Å². The summed E-state index contributed by atoms with van der Waals surface area (Å²) in [6, 6.07) is 2.23. The summed E-state index contributed by atoms with van der Waals surface area (Å²) >= 11 is 0. The van der Waals surface area contributed by atoms with Crippen LogP contribution in [0.3, 0.4) is 0 Å². The molecule has 0 heterocycles. The first-order valence-corrected chi connectivity index (χ1v) is 7.28. The summed E-state index contributed by atoms with van der Waals surface area (Å²) in [7, 11) is 1.44. The maximum Gasteiger partial charge on any atom is 0.165 e. The Balaban J connectivity index is 2.35. The minimum absolute atomic E-state index is 0.0177. The first kappa shape index (κ1) is 16.9. The maximum absolute atomic E-state index is 13.7. The van der Waals surface area contributed by atoms with Crippen LogP contribution in [0.4, 0.5) is 8.78 Å². The lowest BCUT2D eigenvalue weighted by molar-refractivity contribution is 0.180. The fraction of sp³-hybridized carbons (Fsp3) is 0.625. The van der Waals surface area contributed by atoms with Gasteiger partial charge in [0.1, 0.15) is 5.82 Å². The van der Waals surface area contributed by atoms with Crippen molar-refractivity contribution in [3.63, 3.8) is 0 Å². The van der Waals surface area contributed by atoms with Gasteiger partial charge in [0, 0.05) is 18.7 Å². The Kier molecular flexibility index (Phi) is 8.19. The summed E-state index contributed by atoms with van der Waals surface area (Å²) in [6.45, 7) is 2.65. The molecule has 1 aromatic rings. The van der Waals surface area contributed by atoms with Gasteiger partial charge in [0.15, 0.2) is 11.6 Å². The molecule has 0 N–H and O–H groups in total. The van der Waals surface area contributed by atoms with Gasteiger partial charge in [0.25, 0.3) is 0 Å². The van der Waals surface area contributed by atoms with Crippen LogP contribution < -0.4 is 4.74 Å². The van der Waals surface area contributed by atoms with Gasteiger partial charge in [0.2, 0.25) is 0 Å². The number of hydrogen-bond acceptors (Lipinski definition) is 2. The topological polar surface area (TPSA) is 18.5 Å². The molecule has 1 aromatic carbocycles. The van der Waals surface area contributed by atoms with Gasteiger partial charge in [-0.05, 0) is 12.5 Å². The Hall–Kier alpha value is -1.16. The highest BCUT2D eigenvalue weighted by molar-refractivity contribution is 5.30. The normalized spacial score (nSPS) is 10.8. The molecule has 0 fully saturated rings. The summed E-state index contributed by atoms with van der Waals surface area (Å²) in [4.78, 5) is 0. The standard InChI is InChI=1S/C16H24F2O2/c1-3-4-5-6-7-8-9-20-16-11-14(17)13(12-19-2)10-15(16)18/h10-11H,3-9,12H2,1-2H3. The highest BCUT2D eigenvalue weighted by atomic mass is 19.1. The Morgan fingerprint density at radius 1 is 0.950 bits per heavy atom. The van der Waals surface area contributed by atoms with E-state index in [4.69, 9.17) is 9.47 Å². The fourth-order valence-electron chi connectivity index (χ4n) is 2.01. The first-order valence-electron chi connectivity index (χ1n) is 7.28. The van der Waals surface area contributed by atoms with Gasteiger partial charge < -0.3 is 9.47 Å². The number of unbranched alkanes of at least 4 members (excludes halogenated alkanes) is 5. The van der Waals surface area contributed by atoms with Crippen molar-refractivity contribution in [3.8, 4) is 5.75 Å². The van der Waals surface area contributed by atoms with Gasteiger partial charge in [-0.2, -0.15) is 0 Å². The molecule has 0 atom stereocenters. The van der Waals surface area contributed by atoms with Crippen LogP contribution in [0.15, 0.2) is 12.1 Å². The molecule has 20 heavy (non-hydrogen) atoms. The van der Waals surface area contributed by atoms with E-state index in [-0.39, 0.29) is 17.9 Å².